The van der Waals surface area contributed by atoms with E-state index in [1.165, 1.54) is 0 Å². The number of esters is 1. The molecule has 0 amide bonds. The van der Waals surface area contributed by atoms with Crippen LogP contribution in [0.5, 0.6) is 0 Å². The molecule has 3 rings (SSSR count). The van der Waals surface area contributed by atoms with Crippen LogP contribution in [0.2, 0.25) is 0 Å². The Kier molecular flexibility index (Phi) is 5.41. The number of benzene rings is 1. The van der Waals surface area contributed by atoms with Gasteiger partial charge < -0.3 is 29.2 Å². The van der Waals surface area contributed by atoms with Crippen molar-refractivity contribution in [2.75, 3.05) is 6.61 Å². The lowest BCUT2D eigenvalue weighted by Gasteiger charge is -2.38. The van der Waals surface area contributed by atoms with Crippen LogP contribution >= 0.6 is 0 Å². The Labute approximate surface area is 146 Å². The first-order valence-corrected chi connectivity index (χ1v) is 8.43. The lowest BCUT2D eigenvalue weighted by Crippen LogP contribution is -2.58. The molecule has 0 saturated carbocycles. The highest BCUT2D eigenvalue weighted by Gasteiger charge is 2.56. The number of aliphatic hydroxyl groups is 2. The maximum atomic E-state index is 12.2. The van der Waals surface area contributed by atoms with E-state index < -0.39 is 49.1 Å². The summed E-state index contributed by atoms with van der Waals surface area (Å²) in [5.41, 5.74) is 1.03. The van der Waals surface area contributed by atoms with Crippen LogP contribution in [-0.2, 0) is 30.2 Å². The van der Waals surface area contributed by atoms with Crippen molar-refractivity contribution in [2.24, 2.45) is 0 Å². The van der Waals surface area contributed by atoms with Gasteiger partial charge in [0.15, 0.2) is 11.9 Å². The Morgan fingerprint density at radius 3 is 2.56 bits per heavy atom. The van der Waals surface area contributed by atoms with E-state index in [0.29, 0.717) is 6.42 Å². The zero-order chi connectivity index (χ0) is 18.0. The summed E-state index contributed by atoms with van der Waals surface area (Å²) in [5, 5.41) is 19.6. The molecule has 0 spiro atoms. The molecule has 2 fully saturated rings. The maximum Gasteiger partial charge on any atom is 0.308 e. The first-order chi connectivity index (χ1) is 11.9. The van der Waals surface area contributed by atoms with Gasteiger partial charge in [-0.2, -0.15) is 0 Å². The fourth-order valence-electron chi connectivity index (χ4n) is 3.16. The molecule has 0 radical (unpaired) electrons. The van der Waals surface area contributed by atoms with Gasteiger partial charge in [0.05, 0.1) is 6.61 Å². The van der Waals surface area contributed by atoms with Gasteiger partial charge in [0.1, 0.15) is 18.3 Å². The molecule has 0 aliphatic carbocycles. The molecule has 0 aromatic heterocycles. The highest BCUT2D eigenvalue weighted by atomic mass is 16.8. The first kappa shape index (κ1) is 18.3. The van der Waals surface area contributed by atoms with Crippen molar-refractivity contribution in [3.63, 3.8) is 0 Å². The second-order valence-corrected chi connectivity index (χ2v) is 6.76. The number of aryl methyl sites for hydroxylation is 1. The van der Waals surface area contributed by atoms with Crippen LogP contribution < -0.4 is 0 Å². The van der Waals surface area contributed by atoms with E-state index in [9.17, 15) is 15.0 Å². The van der Waals surface area contributed by atoms with Crippen LogP contribution in [0.1, 0.15) is 25.8 Å². The standard InChI is InChI=1S/C18H24O7/c1-18(2)24-15-14(21)12(10-19)22-17(16(15)25-18)23-13(20)9-8-11-6-4-3-5-7-11/h3-7,12,14-17,19,21H,8-10H2,1-2H3/t12-,14-,15+,16+,17-/m1/s1. The molecule has 2 aliphatic heterocycles. The van der Waals surface area contributed by atoms with E-state index in [-0.39, 0.29) is 6.42 Å². The van der Waals surface area contributed by atoms with Gasteiger partial charge in [-0.25, -0.2) is 0 Å². The number of fused-ring (bicyclic) bond motifs is 1. The van der Waals surface area contributed by atoms with Crippen LogP contribution in [0.25, 0.3) is 0 Å². The number of rotatable bonds is 5. The largest absolute Gasteiger partial charge is 0.433 e. The second-order valence-electron chi connectivity index (χ2n) is 6.76. The second kappa shape index (κ2) is 7.39. The summed E-state index contributed by atoms with van der Waals surface area (Å²) in [6, 6.07) is 9.62. The first-order valence-electron chi connectivity index (χ1n) is 8.43. The SMILES string of the molecule is CC1(C)O[C@@H]2[C@@H](OC(=O)CCc3ccccc3)O[C@H](CO)[C@@H](O)[C@@H]2O1. The highest BCUT2D eigenvalue weighted by Crippen LogP contribution is 2.37. The smallest absolute Gasteiger partial charge is 0.308 e. The summed E-state index contributed by atoms with van der Waals surface area (Å²) >= 11 is 0. The van der Waals surface area contributed by atoms with Crippen LogP contribution in [0.3, 0.4) is 0 Å². The lowest BCUT2D eigenvalue weighted by molar-refractivity contribution is -0.272. The average molecular weight is 352 g/mol. The van der Waals surface area contributed by atoms with E-state index in [1.807, 2.05) is 30.3 Å². The number of aliphatic hydroxyl groups excluding tert-OH is 2. The molecule has 2 aliphatic rings. The van der Waals surface area contributed by atoms with Gasteiger partial charge in [-0.05, 0) is 25.8 Å². The number of hydrogen-bond acceptors (Lipinski definition) is 7. The van der Waals surface area contributed by atoms with Crippen molar-refractivity contribution in [1.29, 1.82) is 0 Å². The van der Waals surface area contributed by atoms with E-state index >= 15 is 0 Å². The van der Waals surface area contributed by atoms with E-state index in [0.717, 1.165) is 5.56 Å². The molecule has 138 valence electrons. The highest BCUT2D eigenvalue weighted by molar-refractivity contribution is 5.69. The minimum absolute atomic E-state index is 0.192. The molecule has 7 heteroatoms. The Morgan fingerprint density at radius 1 is 1.20 bits per heavy atom. The summed E-state index contributed by atoms with van der Waals surface area (Å²) in [7, 11) is 0. The van der Waals surface area contributed by atoms with Gasteiger partial charge in [0.25, 0.3) is 0 Å². The Balaban J connectivity index is 1.62. The van der Waals surface area contributed by atoms with Crippen molar-refractivity contribution in [1.82, 2.24) is 0 Å². The predicted octanol–water partition coefficient (Wildman–Crippen LogP) is 0.761. The quantitative estimate of drug-likeness (QED) is 0.756. The zero-order valence-electron chi connectivity index (χ0n) is 14.3. The van der Waals surface area contributed by atoms with E-state index in [2.05, 4.69) is 0 Å². The molecule has 1 aromatic rings. The van der Waals surface area contributed by atoms with Crippen molar-refractivity contribution < 1.29 is 34.0 Å². The summed E-state index contributed by atoms with van der Waals surface area (Å²) in [6.07, 6.45) is -3.72. The van der Waals surface area contributed by atoms with Crippen molar-refractivity contribution in [3.05, 3.63) is 35.9 Å². The third-order valence-electron chi connectivity index (χ3n) is 4.35. The minimum Gasteiger partial charge on any atom is -0.433 e. The van der Waals surface area contributed by atoms with Crippen molar-refractivity contribution in [3.8, 4) is 0 Å². The molecule has 0 unspecified atom stereocenters. The summed E-state index contributed by atoms with van der Waals surface area (Å²) in [5.74, 6) is -1.37. The molecule has 25 heavy (non-hydrogen) atoms. The molecular formula is C18H24O7. The molecule has 2 heterocycles. The third kappa shape index (κ3) is 4.19. The normalized spacial score (nSPS) is 33.7. The maximum absolute atomic E-state index is 12.2. The fourth-order valence-corrected chi connectivity index (χ4v) is 3.16. The number of ether oxygens (including phenoxy) is 4. The topological polar surface area (TPSA) is 94.5 Å². The lowest BCUT2D eigenvalue weighted by atomic mass is 9.99. The average Bonchev–Trinajstić information content (AvgIpc) is 2.92. The van der Waals surface area contributed by atoms with Crippen LogP contribution in [0.4, 0.5) is 0 Å². The van der Waals surface area contributed by atoms with E-state index in [4.69, 9.17) is 18.9 Å². The van der Waals surface area contributed by atoms with Gasteiger partial charge >= 0.3 is 5.97 Å². The van der Waals surface area contributed by atoms with Gasteiger partial charge in [-0.1, -0.05) is 30.3 Å². The molecule has 5 atom stereocenters. The summed E-state index contributed by atoms with van der Waals surface area (Å²) < 4.78 is 22.4. The fraction of sp³-hybridized carbons (Fsp3) is 0.611. The minimum atomic E-state index is -1.06. The molecule has 2 N–H and O–H groups in total. The Hall–Kier alpha value is -1.51. The molecule has 1 aromatic carbocycles. The number of carbonyl (C=O) groups excluding carboxylic acids is 1. The van der Waals surface area contributed by atoms with Crippen LogP contribution in [0.15, 0.2) is 30.3 Å². The van der Waals surface area contributed by atoms with Gasteiger partial charge in [-0.15, -0.1) is 0 Å². The van der Waals surface area contributed by atoms with Gasteiger partial charge in [0, 0.05) is 6.42 Å². The molecular weight excluding hydrogens is 328 g/mol. The van der Waals surface area contributed by atoms with E-state index in [1.54, 1.807) is 13.8 Å². The van der Waals surface area contributed by atoms with Gasteiger partial charge in [0.2, 0.25) is 6.29 Å². The molecule has 7 nitrogen and oxygen atoms in total. The molecule has 0 bridgehead atoms. The predicted molar refractivity (Wildman–Crippen MR) is 86.4 cm³/mol. The van der Waals surface area contributed by atoms with Gasteiger partial charge in [-0.3, -0.25) is 4.79 Å². The Bertz CT molecular complexity index is 588. The molecule has 2 saturated heterocycles. The monoisotopic (exact) mass is 352 g/mol. The zero-order valence-corrected chi connectivity index (χ0v) is 14.3. The van der Waals surface area contributed by atoms with Crippen LogP contribution in [-0.4, -0.2) is 59.3 Å². The number of carbonyl (C=O) groups is 1. The summed E-state index contributed by atoms with van der Waals surface area (Å²) in [6.45, 7) is 3.01. The van der Waals surface area contributed by atoms with Crippen molar-refractivity contribution in [2.45, 2.75) is 63.2 Å². The van der Waals surface area contributed by atoms with Crippen LogP contribution in [0, 0.1) is 0 Å². The Morgan fingerprint density at radius 2 is 1.88 bits per heavy atom. The van der Waals surface area contributed by atoms with Crippen molar-refractivity contribution >= 4 is 5.97 Å². The summed E-state index contributed by atoms with van der Waals surface area (Å²) in [4.78, 5) is 12.2. The number of hydrogen-bond donors (Lipinski definition) is 2. The third-order valence-corrected chi connectivity index (χ3v) is 4.35.